The third-order valence-corrected chi connectivity index (χ3v) is 4.34. The zero-order chi connectivity index (χ0) is 18.8. The summed E-state index contributed by atoms with van der Waals surface area (Å²) in [5.74, 6) is -0.119. The molecule has 134 valence electrons. The van der Waals surface area contributed by atoms with Crippen molar-refractivity contribution in [3.05, 3.63) is 93.5 Å². The molecular formula is C21H14ClFN2O2. The van der Waals surface area contributed by atoms with Gasteiger partial charge in [0.2, 0.25) is 0 Å². The number of rotatable bonds is 4. The van der Waals surface area contributed by atoms with Gasteiger partial charge in [-0.05, 0) is 48.0 Å². The molecule has 4 aromatic rings. The molecule has 6 heteroatoms. The molecule has 0 fully saturated rings. The molecule has 1 N–H and O–H groups in total. The lowest BCUT2D eigenvalue weighted by Crippen LogP contribution is -2.09. The van der Waals surface area contributed by atoms with Crippen LogP contribution in [0.5, 0.6) is 5.75 Å². The van der Waals surface area contributed by atoms with Gasteiger partial charge in [0.1, 0.15) is 12.4 Å². The van der Waals surface area contributed by atoms with Crippen molar-refractivity contribution in [2.24, 2.45) is 0 Å². The van der Waals surface area contributed by atoms with Crippen molar-refractivity contribution >= 4 is 22.5 Å². The molecular weight excluding hydrogens is 367 g/mol. The Balaban J connectivity index is 1.61. The van der Waals surface area contributed by atoms with Gasteiger partial charge < -0.3 is 9.72 Å². The number of nitrogens with one attached hydrogen (secondary N) is 1. The molecule has 0 saturated heterocycles. The van der Waals surface area contributed by atoms with Crippen LogP contribution in [0.15, 0.2) is 71.5 Å². The second kappa shape index (κ2) is 7.21. The summed E-state index contributed by atoms with van der Waals surface area (Å²) in [6.45, 7) is 0.196. The van der Waals surface area contributed by atoms with Gasteiger partial charge in [-0.3, -0.25) is 4.79 Å². The highest BCUT2D eigenvalue weighted by molar-refractivity contribution is 6.30. The normalized spacial score (nSPS) is 10.9. The molecule has 3 aromatic carbocycles. The largest absolute Gasteiger partial charge is 0.486 e. The molecule has 0 amide bonds. The summed E-state index contributed by atoms with van der Waals surface area (Å²) in [7, 11) is 0. The van der Waals surface area contributed by atoms with Crippen LogP contribution >= 0.6 is 11.6 Å². The van der Waals surface area contributed by atoms with Crippen LogP contribution in [-0.2, 0) is 6.61 Å². The second-order valence-corrected chi connectivity index (χ2v) is 6.43. The van der Waals surface area contributed by atoms with E-state index in [0.29, 0.717) is 27.3 Å². The number of benzene rings is 3. The fraction of sp³-hybridized carbons (Fsp3) is 0.0476. The predicted octanol–water partition coefficient (Wildman–Crippen LogP) is 4.96. The number of nitrogens with zero attached hydrogens (tertiary/aromatic N) is 1. The summed E-state index contributed by atoms with van der Waals surface area (Å²) in [5, 5.41) is 1.08. The smallest absolute Gasteiger partial charge is 0.259 e. The summed E-state index contributed by atoms with van der Waals surface area (Å²) in [6, 6.07) is 18.6. The number of hydrogen-bond donors (Lipinski definition) is 1. The first-order chi connectivity index (χ1) is 13.1. The minimum absolute atomic E-state index is 0.113. The Morgan fingerprint density at radius 1 is 1.04 bits per heavy atom. The van der Waals surface area contributed by atoms with Crippen molar-refractivity contribution in [2.45, 2.75) is 6.61 Å². The standard InChI is InChI=1S/C21H14ClFN2O2/c22-15-5-3-4-13(10-15)12-27-19-9-8-14(11-17(19)23)20-24-18-7-2-1-6-16(18)21(26)25-20/h1-11H,12H2,(H,24,25,26). The maximum absolute atomic E-state index is 14.5. The molecule has 0 aliphatic rings. The van der Waals surface area contributed by atoms with Crippen molar-refractivity contribution in [2.75, 3.05) is 0 Å². The van der Waals surface area contributed by atoms with E-state index in [4.69, 9.17) is 16.3 Å². The van der Waals surface area contributed by atoms with Gasteiger partial charge >= 0.3 is 0 Å². The number of aromatic nitrogens is 2. The summed E-state index contributed by atoms with van der Waals surface area (Å²) >= 11 is 5.94. The number of H-pyrrole nitrogens is 1. The average molecular weight is 381 g/mol. The molecule has 0 unspecified atom stereocenters. The Morgan fingerprint density at radius 2 is 1.89 bits per heavy atom. The van der Waals surface area contributed by atoms with Gasteiger partial charge in [-0.1, -0.05) is 35.9 Å². The monoisotopic (exact) mass is 380 g/mol. The Morgan fingerprint density at radius 3 is 2.70 bits per heavy atom. The van der Waals surface area contributed by atoms with E-state index in [1.807, 2.05) is 12.1 Å². The summed E-state index contributed by atoms with van der Waals surface area (Å²) in [4.78, 5) is 19.3. The molecule has 1 aromatic heterocycles. The summed E-state index contributed by atoms with van der Waals surface area (Å²) in [6.07, 6.45) is 0. The Bertz CT molecular complexity index is 1190. The van der Waals surface area contributed by atoms with Crippen LogP contribution in [0.3, 0.4) is 0 Å². The third kappa shape index (κ3) is 3.68. The zero-order valence-corrected chi connectivity index (χ0v) is 14.8. The van der Waals surface area contributed by atoms with E-state index in [1.54, 1.807) is 42.5 Å². The van der Waals surface area contributed by atoms with Crippen molar-refractivity contribution in [1.82, 2.24) is 9.97 Å². The molecule has 0 aliphatic carbocycles. The topological polar surface area (TPSA) is 55.0 Å². The van der Waals surface area contributed by atoms with Gasteiger partial charge in [0, 0.05) is 10.6 Å². The first kappa shape index (κ1) is 17.2. The molecule has 27 heavy (non-hydrogen) atoms. The average Bonchev–Trinajstić information content (AvgIpc) is 2.67. The van der Waals surface area contributed by atoms with Gasteiger partial charge in [-0.25, -0.2) is 9.37 Å². The van der Waals surface area contributed by atoms with E-state index in [9.17, 15) is 9.18 Å². The molecule has 0 atom stereocenters. The van der Waals surface area contributed by atoms with Crippen LogP contribution in [-0.4, -0.2) is 9.97 Å². The lowest BCUT2D eigenvalue weighted by Gasteiger charge is -2.09. The number of fused-ring (bicyclic) bond motifs is 1. The number of para-hydroxylation sites is 1. The van der Waals surface area contributed by atoms with E-state index in [1.165, 1.54) is 12.1 Å². The SMILES string of the molecule is O=c1[nH]c(-c2ccc(OCc3cccc(Cl)c3)c(F)c2)nc2ccccc12. The van der Waals surface area contributed by atoms with Crippen molar-refractivity contribution in [3.8, 4) is 17.1 Å². The fourth-order valence-electron chi connectivity index (χ4n) is 2.78. The maximum Gasteiger partial charge on any atom is 0.259 e. The molecule has 0 bridgehead atoms. The van der Waals surface area contributed by atoms with Crippen molar-refractivity contribution < 1.29 is 9.13 Å². The first-order valence-corrected chi connectivity index (χ1v) is 8.64. The molecule has 1 heterocycles. The van der Waals surface area contributed by atoms with Crippen molar-refractivity contribution in [1.29, 1.82) is 0 Å². The Hall–Kier alpha value is -3.18. The van der Waals surface area contributed by atoms with E-state index in [-0.39, 0.29) is 17.9 Å². The second-order valence-electron chi connectivity index (χ2n) is 6.00. The molecule has 4 rings (SSSR count). The van der Waals surface area contributed by atoms with Gasteiger partial charge in [-0.2, -0.15) is 0 Å². The van der Waals surface area contributed by atoms with Gasteiger partial charge in [0.25, 0.3) is 5.56 Å². The number of ether oxygens (including phenoxy) is 1. The molecule has 4 nitrogen and oxygen atoms in total. The highest BCUT2D eigenvalue weighted by Crippen LogP contribution is 2.25. The Labute approximate surface area is 159 Å². The van der Waals surface area contributed by atoms with Gasteiger partial charge in [-0.15, -0.1) is 0 Å². The first-order valence-electron chi connectivity index (χ1n) is 8.26. The predicted molar refractivity (Wildman–Crippen MR) is 104 cm³/mol. The third-order valence-electron chi connectivity index (χ3n) is 4.10. The van der Waals surface area contributed by atoms with E-state index < -0.39 is 5.82 Å². The highest BCUT2D eigenvalue weighted by Gasteiger charge is 2.10. The minimum Gasteiger partial charge on any atom is -0.486 e. The number of aromatic amines is 1. The van der Waals surface area contributed by atoms with Gasteiger partial charge in [0.15, 0.2) is 11.6 Å². The molecule has 0 radical (unpaired) electrons. The molecule has 0 aliphatic heterocycles. The lowest BCUT2D eigenvalue weighted by molar-refractivity contribution is 0.290. The summed E-state index contributed by atoms with van der Waals surface area (Å²) < 4.78 is 20.0. The van der Waals surface area contributed by atoms with Crippen LogP contribution in [0.2, 0.25) is 5.02 Å². The zero-order valence-electron chi connectivity index (χ0n) is 14.1. The molecule has 0 saturated carbocycles. The molecule has 0 spiro atoms. The van der Waals surface area contributed by atoms with Crippen LogP contribution in [0.1, 0.15) is 5.56 Å². The van der Waals surface area contributed by atoms with E-state index >= 15 is 0 Å². The van der Waals surface area contributed by atoms with E-state index in [2.05, 4.69) is 9.97 Å². The van der Waals surface area contributed by atoms with Crippen LogP contribution in [0.4, 0.5) is 4.39 Å². The van der Waals surface area contributed by atoms with Crippen LogP contribution in [0, 0.1) is 5.82 Å². The van der Waals surface area contributed by atoms with Crippen molar-refractivity contribution in [3.63, 3.8) is 0 Å². The van der Waals surface area contributed by atoms with E-state index in [0.717, 1.165) is 5.56 Å². The van der Waals surface area contributed by atoms with Crippen LogP contribution in [0.25, 0.3) is 22.3 Å². The highest BCUT2D eigenvalue weighted by atomic mass is 35.5. The van der Waals surface area contributed by atoms with Crippen LogP contribution < -0.4 is 10.3 Å². The Kier molecular flexibility index (Phi) is 4.60. The van der Waals surface area contributed by atoms with Gasteiger partial charge in [0.05, 0.1) is 10.9 Å². The fourth-order valence-corrected chi connectivity index (χ4v) is 2.99. The number of hydrogen-bond acceptors (Lipinski definition) is 3. The minimum atomic E-state index is -0.537. The quantitative estimate of drug-likeness (QED) is 0.544. The lowest BCUT2D eigenvalue weighted by atomic mass is 10.1. The summed E-state index contributed by atoms with van der Waals surface area (Å²) in [5.41, 5.74) is 1.59. The number of halogens is 2. The maximum atomic E-state index is 14.5.